The van der Waals surface area contributed by atoms with Crippen molar-refractivity contribution >= 4 is 10.0 Å². The van der Waals surface area contributed by atoms with Gasteiger partial charge in [0.25, 0.3) is 0 Å². The largest absolute Gasteiger partial charge is 0.361 e. The normalized spacial score (nSPS) is 12.0. The van der Waals surface area contributed by atoms with E-state index in [2.05, 4.69) is 5.16 Å². The highest BCUT2D eigenvalue weighted by Crippen LogP contribution is 2.19. The molecule has 5 nitrogen and oxygen atoms in total. The molecule has 0 fully saturated rings. The van der Waals surface area contributed by atoms with Crippen LogP contribution < -0.4 is 0 Å². The molecule has 102 valence electrons. The lowest BCUT2D eigenvalue weighted by atomic mass is 10.2. The second-order valence-corrected chi connectivity index (χ2v) is 6.42. The number of aromatic nitrogens is 1. The van der Waals surface area contributed by atoms with Gasteiger partial charge in [-0.1, -0.05) is 23.4 Å². The molecule has 0 atom stereocenters. The minimum absolute atomic E-state index is 0.248. The third-order valence-electron chi connectivity index (χ3n) is 3.01. The van der Waals surface area contributed by atoms with Gasteiger partial charge < -0.3 is 4.52 Å². The maximum Gasteiger partial charge on any atom is 0.243 e. The minimum atomic E-state index is -3.48. The quantitative estimate of drug-likeness (QED) is 0.860. The molecule has 19 heavy (non-hydrogen) atoms. The van der Waals surface area contributed by atoms with Crippen LogP contribution in [0.3, 0.4) is 0 Å². The number of benzene rings is 1. The third-order valence-corrected chi connectivity index (χ3v) is 4.83. The van der Waals surface area contributed by atoms with Gasteiger partial charge in [-0.25, -0.2) is 8.42 Å². The van der Waals surface area contributed by atoms with Gasteiger partial charge in [-0.3, -0.25) is 0 Å². The van der Waals surface area contributed by atoms with Gasteiger partial charge >= 0.3 is 0 Å². The first-order valence-electron chi connectivity index (χ1n) is 5.86. The molecule has 1 aromatic heterocycles. The van der Waals surface area contributed by atoms with E-state index in [0.717, 1.165) is 5.56 Å². The summed E-state index contributed by atoms with van der Waals surface area (Å²) >= 11 is 0. The molecular formula is C13H16N2O3S. The first kappa shape index (κ1) is 13.8. The van der Waals surface area contributed by atoms with Crippen LogP contribution in [0.2, 0.25) is 0 Å². The number of rotatable bonds is 4. The zero-order valence-corrected chi connectivity index (χ0v) is 11.9. The zero-order chi connectivity index (χ0) is 14.0. The first-order valence-corrected chi connectivity index (χ1v) is 7.30. The third kappa shape index (κ3) is 2.69. The molecule has 1 heterocycles. The van der Waals surface area contributed by atoms with E-state index in [1.54, 1.807) is 51.2 Å². The monoisotopic (exact) mass is 280 g/mol. The van der Waals surface area contributed by atoms with Crippen molar-refractivity contribution in [3.8, 4) is 0 Å². The molecule has 0 aliphatic carbocycles. The molecule has 0 radical (unpaired) electrons. The van der Waals surface area contributed by atoms with Gasteiger partial charge in [-0.2, -0.15) is 4.31 Å². The van der Waals surface area contributed by atoms with Crippen molar-refractivity contribution in [3.63, 3.8) is 0 Å². The molecule has 0 N–H and O–H groups in total. The average Bonchev–Trinajstić information content (AvgIpc) is 2.71. The van der Waals surface area contributed by atoms with Crippen molar-refractivity contribution in [1.82, 2.24) is 9.46 Å². The lowest BCUT2D eigenvalue weighted by molar-refractivity contribution is 0.390. The Morgan fingerprint density at radius 3 is 2.37 bits per heavy atom. The van der Waals surface area contributed by atoms with Crippen LogP contribution in [-0.2, 0) is 16.6 Å². The van der Waals surface area contributed by atoms with Crippen molar-refractivity contribution in [1.29, 1.82) is 0 Å². The van der Waals surface area contributed by atoms with Crippen LogP contribution in [-0.4, -0.2) is 24.9 Å². The summed E-state index contributed by atoms with van der Waals surface area (Å²) in [5, 5.41) is 3.83. The smallest absolute Gasteiger partial charge is 0.243 e. The molecule has 1 aromatic carbocycles. The van der Waals surface area contributed by atoms with E-state index in [1.807, 2.05) is 0 Å². The summed E-state index contributed by atoms with van der Waals surface area (Å²) in [6.45, 7) is 3.82. The van der Waals surface area contributed by atoms with Crippen molar-refractivity contribution in [2.75, 3.05) is 7.05 Å². The van der Waals surface area contributed by atoms with Crippen LogP contribution in [0.15, 0.2) is 39.8 Å². The standard InChI is InChI=1S/C13H16N2O3S/c1-10-13(11(2)18-14-10)9-15(3)19(16,17)12-7-5-4-6-8-12/h4-8H,9H2,1-3H3. The highest BCUT2D eigenvalue weighted by Gasteiger charge is 2.23. The molecule has 0 unspecified atom stereocenters. The second-order valence-electron chi connectivity index (χ2n) is 4.38. The molecule has 0 saturated carbocycles. The van der Waals surface area contributed by atoms with Gasteiger partial charge in [-0.05, 0) is 26.0 Å². The van der Waals surface area contributed by atoms with Crippen LogP contribution in [0.4, 0.5) is 0 Å². The highest BCUT2D eigenvalue weighted by molar-refractivity contribution is 7.89. The van der Waals surface area contributed by atoms with E-state index in [1.165, 1.54) is 4.31 Å². The summed E-state index contributed by atoms with van der Waals surface area (Å²) in [6, 6.07) is 8.36. The summed E-state index contributed by atoms with van der Waals surface area (Å²) in [6.07, 6.45) is 0. The Bertz CT molecular complexity index is 643. The molecule has 6 heteroatoms. The predicted octanol–water partition coefficient (Wildman–Crippen LogP) is 2.11. The summed E-state index contributed by atoms with van der Waals surface area (Å²) in [7, 11) is -1.93. The average molecular weight is 280 g/mol. The topological polar surface area (TPSA) is 63.4 Å². The van der Waals surface area contributed by atoms with Gasteiger partial charge in [0.2, 0.25) is 10.0 Å². The Labute approximate surface area is 112 Å². The fraction of sp³-hybridized carbons (Fsp3) is 0.308. The van der Waals surface area contributed by atoms with Crippen LogP contribution in [0.5, 0.6) is 0 Å². The molecular weight excluding hydrogens is 264 g/mol. The lowest BCUT2D eigenvalue weighted by Crippen LogP contribution is -2.26. The van der Waals surface area contributed by atoms with E-state index in [0.29, 0.717) is 11.5 Å². The van der Waals surface area contributed by atoms with E-state index < -0.39 is 10.0 Å². The number of nitrogens with zero attached hydrogens (tertiary/aromatic N) is 2. The van der Waals surface area contributed by atoms with E-state index in [4.69, 9.17) is 4.52 Å². The summed E-state index contributed by atoms with van der Waals surface area (Å²) < 4.78 is 31.1. The summed E-state index contributed by atoms with van der Waals surface area (Å²) in [4.78, 5) is 0.282. The highest BCUT2D eigenvalue weighted by atomic mass is 32.2. The predicted molar refractivity (Wildman–Crippen MR) is 71.1 cm³/mol. The molecule has 0 saturated heterocycles. The minimum Gasteiger partial charge on any atom is -0.361 e. The van der Waals surface area contributed by atoms with Crippen molar-refractivity contribution < 1.29 is 12.9 Å². The van der Waals surface area contributed by atoms with E-state index >= 15 is 0 Å². The molecule has 2 aromatic rings. The number of sulfonamides is 1. The summed E-state index contributed by atoms with van der Waals surface area (Å²) in [5.41, 5.74) is 1.52. The van der Waals surface area contributed by atoms with Gasteiger partial charge in [0.1, 0.15) is 5.76 Å². The lowest BCUT2D eigenvalue weighted by Gasteiger charge is -2.16. The molecule has 0 amide bonds. The number of aryl methyl sites for hydroxylation is 2. The van der Waals surface area contributed by atoms with Gasteiger partial charge in [0, 0.05) is 19.2 Å². The fourth-order valence-corrected chi connectivity index (χ4v) is 2.97. The second kappa shape index (κ2) is 5.14. The Kier molecular flexibility index (Phi) is 3.73. The number of hydrogen-bond donors (Lipinski definition) is 0. The van der Waals surface area contributed by atoms with E-state index in [9.17, 15) is 8.42 Å². The fourth-order valence-electron chi connectivity index (χ4n) is 1.81. The molecule has 0 spiro atoms. The van der Waals surface area contributed by atoms with Crippen molar-refractivity contribution in [2.45, 2.75) is 25.3 Å². The Morgan fingerprint density at radius 1 is 1.21 bits per heavy atom. The van der Waals surface area contributed by atoms with Gasteiger partial charge in [0.05, 0.1) is 10.6 Å². The molecule has 0 bridgehead atoms. The van der Waals surface area contributed by atoms with Crippen LogP contribution in [0, 0.1) is 13.8 Å². The Balaban J connectivity index is 2.28. The SMILES string of the molecule is Cc1noc(C)c1CN(C)S(=O)(=O)c1ccccc1. The van der Waals surface area contributed by atoms with Crippen LogP contribution in [0.25, 0.3) is 0 Å². The Hall–Kier alpha value is -1.66. The van der Waals surface area contributed by atoms with Crippen LogP contribution in [0.1, 0.15) is 17.0 Å². The maximum atomic E-state index is 12.4. The first-order chi connectivity index (χ1) is 8.93. The van der Waals surface area contributed by atoms with Crippen molar-refractivity contribution in [2.24, 2.45) is 0 Å². The van der Waals surface area contributed by atoms with Gasteiger partial charge in [-0.15, -0.1) is 0 Å². The maximum absolute atomic E-state index is 12.4. The molecule has 2 rings (SSSR count). The summed E-state index contributed by atoms with van der Waals surface area (Å²) in [5.74, 6) is 0.646. The van der Waals surface area contributed by atoms with Crippen LogP contribution >= 0.6 is 0 Å². The molecule has 0 aliphatic heterocycles. The van der Waals surface area contributed by atoms with E-state index in [-0.39, 0.29) is 11.4 Å². The zero-order valence-electron chi connectivity index (χ0n) is 11.1. The molecule has 0 aliphatic rings. The Morgan fingerprint density at radius 2 is 1.84 bits per heavy atom. The number of hydrogen-bond acceptors (Lipinski definition) is 4. The van der Waals surface area contributed by atoms with Crippen molar-refractivity contribution in [3.05, 3.63) is 47.3 Å². The van der Waals surface area contributed by atoms with Gasteiger partial charge in [0.15, 0.2) is 0 Å².